The van der Waals surface area contributed by atoms with Crippen molar-refractivity contribution in [2.45, 2.75) is 20.8 Å². The van der Waals surface area contributed by atoms with Crippen LogP contribution in [0, 0.1) is 13.8 Å². The van der Waals surface area contributed by atoms with Crippen molar-refractivity contribution in [2.24, 2.45) is 0 Å². The zero-order chi connectivity index (χ0) is 12.0. The van der Waals surface area contributed by atoms with Gasteiger partial charge in [0, 0.05) is 18.7 Å². The molecule has 0 aliphatic carbocycles. The number of hydrogen-bond donors (Lipinski definition) is 2. The van der Waals surface area contributed by atoms with E-state index in [9.17, 15) is 4.79 Å². The van der Waals surface area contributed by atoms with Crippen LogP contribution in [-0.2, 0) is 0 Å². The van der Waals surface area contributed by atoms with Gasteiger partial charge in [-0.05, 0) is 32.0 Å². The fourth-order valence-electron chi connectivity index (χ4n) is 1.60. The van der Waals surface area contributed by atoms with Crippen LogP contribution < -0.4 is 10.6 Å². The standard InChI is InChI=1S/C13H20N2O.ClH/c1-4-14-7-8-15-13(16)12-6-5-10(2)9-11(12)3;/h5-6,9,14H,4,7-8H2,1-3H3,(H,15,16);1H. The van der Waals surface area contributed by atoms with E-state index in [2.05, 4.69) is 10.6 Å². The summed E-state index contributed by atoms with van der Waals surface area (Å²) < 4.78 is 0. The molecule has 4 heteroatoms. The van der Waals surface area contributed by atoms with Gasteiger partial charge in [0.1, 0.15) is 0 Å². The van der Waals surface area contributed by atoms with E-state index < -0.39 is 0 Å². The lowest BCUT2D eigenvalue weighted by Crippen LogP contribution is -2.32. The average molecular weight is 257 g/mol. The minimum atomic E-state index is 0. The number of benzene rings is 1. The number of halogens is 1. The van der Waals surface area contributed by atoms with Crippen molar-refractivity contribution in [2.75, 3.05) is 19.6 Å². The second kappa shape index (κ2) is 8.09. The summed E-state index contributed by atoms with van der Waals surface area (Å²) in [6.07, 6.45) is 0. The maximum Gasteiger partial charge on any atom is 0.251 e. The number of nitrogens with one attached hydrogen (secondary N) is 2. The highest BCUT2D eigenvalue weighted by atomic mass is 35.5. The SMILES string of the molecule is CCNCCNC(=O)c1ccc(C)cc1C.Cl. The number of likely N-dealkylation sites (N-methyl/N-ethyl adjacent to an activating group) is 1. The van der Waals surface area contributed by atoms with E-state index in [0.717, 1.165) is 24.2 Å². The number of rotatable bonds is 5. The van der Waals surface area contributed by atoms with Crippen LogP contribution in [0.3, 0.4) is 0 Å². The summed E-state index contributed by atoms with van der Waals surface area (Å²) in [6.45, 7) is 8.45. The van der Waals surface area contributed by atoms with Gasteiger partial charge in [0.15, 0.2) is 0 Å². The maximum atomic E-state index is 11.8. The van der Waals surface area contributed by atoms with Crippen LogP contribution in [0.4, 0.5) is 0 Å². The van der Waals surface area contributed by atoms with Gasteiger partial charge < -0.3 is 10.6 Å². The minimum Gasteiger partial charge on any atom is -0.351 e. The lowest BCUT2D eigenvalue weighted by Gasteiger charge is -2.08. The predicted octanol–water partition coefficient (Wildman–Crippen LogP) is 2.06. The van der Waals surface area contributed by atoms with Gasteiger partial charge in [-0.25, -0.2) is 0 Å². The Morgan fingerprint density at radius 1 is 1.24 bits per heavy atom. The molecule has 0 radical (unpaired) electrons. The Morgan fingerprint density at radius 2 is 1.94 bits per heavy atom. The van der Waals surface area contributed by atoms with Gasteiger partial charge >= 0.3 is 0 Å². The second-order valence-corrected chi connectivity index (χ2v) is 3.93. The fraction of sp³-hybridized carbons (Fsp3) is 0.462. The largest absolute Gasteiger partial charge is 0.351 e. The first-order valence-corrected chi connectivity index (χ1v) is 5.71. The summed E-state index contributed by atoms with van der Waals surface area (Å²) >= 11 is 0. The monoisotopic (exact) mass is 256 g/mol. The molecule has 0 bridgehead atoms. The number of aryl methyl sites for hydroxylation is 2. The summed E-state index contributed by atoms with van der Waals surface area (Å²) in [7, 11) is 0. The Bertz CT molecular complexity index is 366. The van der Waals surface area contributed by atoms with Gasteiger partial charge in [-0.2, -0.15) is 0 Å². The predicted molar refractivity (Wildman–Crippen MR) is 74.0 cm³/mol. The molecular formula is C13H21ClN2O. The quantitative estimate of drug-likeness (QED) is 0.792. The lowest BCUT2D eigenvalue weighted by molar-refractivity contribution is 0.0953. The highest BCUT2D eigenvalue weighted by Gasteiger charge is 2.07. The van der Waals surface area contributed by atoms with Crippen molar-refractivity contribution in [3.63, 3.8) is 0 Å². The fourth-order valence-corrected chi connectivity index (χ4v) is 1.60. The number of amides is 1. The molecule has 3 nitrogen and oxygen atoms in total. The Labute approximate surface area is 109 Å². The van der Waals surface area contributed by atoms with Crippen LogP contribution in [0.1, 0.15) is 28.4 Å². The third-order valence-corrected chi connectivity index (χ3v) is 2.46. The van der Waals surface area contributed by atoms with Crippen LogP contribution in [0.15, 0.2) is 18.2 Å². The molecular weight excluding hydrogens is 236 g/mol. The van der Waals surface area contributed by atoms with Crippen LogP contribution in [0.5, 0.6) is 0 Å². The van der Waals surface area contributed by atoms with E-state index in [1.54, 1.807) is 0 Å². The molecule has 0 spiro atoms. The highest BCUT2D eigenvalue weighted by Crippen LogP contribution is 2.09. The van der Waals surface area contributed by atoms with Gasteiger partial charge in [-0.3, -0.25) is 4.79 Å². The minimum absolute atomic E-state index is 0. The van der Waals surface area contributed by atoms with E-state index >= 15 is 0 Å². The summed E-state index contributed by atoms with van der Waals surface area (Å²) in [4.78, 5) is 11.8. The summed E-state index contributed by atoms with van der Waals surface area (Å²) in [5.41, 5.74) is 2.98. The van der Waals surface area contributed by atoms with Crippen LogP contribution in [0.2, 0.25) is 0 Å². The molecule has 0 saturated heterocycles. The van der Waals surface area contributed by atoms with Gasteiger partial charge in [-0.1, -0.05) is 24.6 Å². The molecule has 0 saturated carbocycles. The van der Waals surface area contributed by atoms with E-state index in [1.807, 2.05) is 39.0 Å². The topological polar surface area (TPSA) is 41.1 Å². The van der Waals surface area contributed by atoms with E-state index in [4.69, 9.17) is 0 Å². The van der Waals surface area contributed by atoms with E-state index in [0.29, 0.717) is 6.54 Å². The van der Waals surface area contributed by atoms with E-state index in [-0.39, 0.29) is 18.3 Å². The van der Waals surface area contributed by atoms with Crippen molar-refractivity contribution in [3.8, 4) is 0 Å². The Kier molecular flexibility index (Phi) is 7.59. The summed E-state index contributed by atoms with van der Waals surface area (Å²) in [5, 5.41) is 6.06. The van der Waals surface area contributed by atoms with E-state index in [1.165, 1.54) is 5.56 Å². The Hall–Kier alpha value is -1.06. The zero-order valence-electron chi connectivity index (χ0n) is 10.7. The number of hydrogen-bond acceptors (Lipinski definition) is 2. The summed E-state index contributed by atoms with van der Waals surface area (Å²) in [6, 6.07) is 5.87. The Balaban J connectivity index is 0.00000256. The Morgan fingerprint density at radius 3 is 2.53 bits per heavy atom. The highest BCUT2D eigenvalue weighted by molar-refractivity contribution is 5.95. The molecule has 0 unspecified atom stereocenters. The first-order chi connectivity index (χ1) is 7.65. The second-order valence-electron chi connectivity index (χ2n) is 3.93. The maximum absolute atomic E-state index is 11.8. The van der Waals surface area contributed by atoms with Gasteiger partial charge in [-0.15, -0.1) is 12.4 Å². The lowest BCUT2D eigenvalue weighted by atomic mass is 10.1. The summed E-state index contributed by atoms with van der Waals surface area (Å²) in [5.74, 6) is 0.00963. The molecule has 1 amide bonds. The molecule has 0 atom stereocenters. The molecule has 0 aliphatic rings. The van der Waals surface area contributed by atoms with Crippen LogP contribution >= 0.6 is 12.4 Å². The van der Waals surface area contributed by atoms with Crippen molar-refractivity contribution < 1.29 is 4.79 Å². The number of carbonyl (C=O) groups excluding carboxylic acids is 1. The molecule has 0 aromatic heterocycles. The molecule has 1 aromatic rings. The zero-order valence-corrected chi connectivity index (χ0v) is 11.5. The van der Waals surface area contributed by atoms with Crippen molar-refractivity contribution in [1.82, 2.24) is 10.6 Å². The van der Waals surface area contributed by atoms with Crippen molar-refractivity contribution in [3.05, 3.63) is 34.9 Å². The van der Waals surface area contributed by atoms with Gasteiger partial charge in [0.05, 0.1) is 0 Å². The smallest absolute Gasteiger partial charge is 0.251 e. The van der Waals surface area contributed by atoms with Crippen molar-refractivity contribution >= 4 is 18.3 Å². The van der Waals surface area contributed by atoms with Crippen molar-refractivity contribution in [1.29, 1.82) is 0 Å². The van der Waals surface area contributed by atoms with Gasteiger partial charge in [0.25, 0.3) is 5.91 Å². The van der Waals surface area contributed by atoms with Crippen LogP contribution in [-0.4, -0.2) is 25.5 Å². The number of carbonyl (C=O) groups is 1. The molecule has 96 valence electrons. The first kappa shape index (κ1) is 15.9. The first-order valence-electron chi connectivity index (χ1n) is 5.71. The van der Waals surface area contributed by atoms with Crippen LogP contribution in [0.25, 0.3) is 0 Å². The molecule has 1 rings (SSSR count). The third-order valence-electron chi connectivity index (χ3n) is 2.46. The molecule has 0 heterocycles. The van der Waals surface area contributed by atoms with Gasteiger partial charge in [0.2, 0.25) is 0 Å². The molecule has 17 heavy (non-hydrogen) atoms. The molecule has 2 N–H and O–H groups in total. The third kappa shape index (κ3) is 5.20. The normalized spacial score (nSPS) is 9.59. The molecule has 1 aromatic carbocycles. The molecule has 0 fully saturated rings. The molecule has 0 aliphatic heterocycles. The average Bonchev–Trinajstić information content (AvgIpc) is 2.24.